The molecule has 8 nitrogen and oxygen atoms in total. The molecule has 8 heteroatoms. The lowest BCUT2D eigenvalue weighted by molar-refractivity contribution is 0.0954. The zero-order valence-corrected chi connectivity index (χ0v) is 19.2. The zero-order valence-electron chi connectivity index (χ0n) is 19.2. The second kappa shape index (κ2) is 10.1. The van der Waals surface area contributed by atoms with Gasteiger partial charge in [-0.05, 0) is 56.4 Å². The first-order chi connectivity index (χ1) is 16.4. The third kappa shape index (κ3) is 5.22. The molecule has 0 radical (unpaired) electrons. The van der Waals surface area contributed by atoms with Crippen LogP contribution in [0.4, 0.5) is 0 Å². The third-order valence-corrected chi connectivity index (χ3v) is 5.63. The van der Waals surface area contributed by atoms with Crippen LogP contribution in [0, 0.1) is 11.3 Å². The highest BCUT2D eigenvalue weighted by molar-refractivity contribution is 5.94. The van der Waals surface area contributed by atoms with Gasteiger partial charge in [0.15, 0.2) is 0 Å². The van der Waals surface area contributed by atoms with Gasteiger partial charge in [-0.2, -0.15) is 10.4 Å². The predicted octanol–water partition coefficient (Wildman–Crippen LogP) is 2.80. The first kappa shape index (κ1) is 23.0. The van der Waals surface area contributed by atoms with Gasteiger partial charge in [0.05, 0.1) is 17.8 Å². The molecule has 2 N–H and O–H groups in total. The van der Waals surface area contributed by atoms with Crippen molar-refractivity contribution < 1.29 is 4.79 Å². The second-order valence-electron chi connectivity index (χ2n) is 8.36. The lowest BCUT2D eigenvalue weighted by Crippen LogP contribution is -2.28. The lowest BCUT2D eigenvalue weighted by Gasteiger charge is -2.11. The van der Waals surface area contributed by atoms with Crippen molar-refractivity contribution in [3.05, 3.63) is 87.8 Å². The van der Waals surface area contributed by atoms with E-state index in [1.807, 2.05) is 49.3 Å². The summed E-state index contributed by atoms with van der Waals surface area (Å²) in [7, 11) is 3.90. The summed E-state index contributed by atoms with van der Waals surface area (Å²) in [5.41, 5.74) is 4.52. The van der Waals surface area contributed by atoms with Crippen molar-refractivity contribution in [2.45, 2.75) is 13.0 Å². The van der Waals surface area contributed by atoms with Crippen LogP contribution in [0.15, 0.2) is 65.6 Å². The minimum atomic E-state index is -0.157. The maximum Gasteiger partial charge on any atom is 0.266 e. The summed E-state index contributed by atoms with van der Waals surface area (Å²) in [6.07, 6.45) is 2.36. The molecule has 0 saturated heterocycles. The molecule has 0 aliphatic rings. The number of aromatic amines is 1. The summed E-state index contributed by atoms with van der Waals surface area (Å²) in [4.78, 5) is 29.7. The third-order valence-electron chi connectivity index (χ3n) is 5.63. The summed E-state index contributed by atoms with van der Waals surface area (Å²) in [5.74, 6) is -0.157. The van der Waals surface area contributed by atoms with E-state index in [9.17, 15) is 14.9 Å². The molecule has 0 atom stereocenters. The van der Waals surface area contributed by atoms with Crippen molar-refractivity contribution in [1.82, 2.24) is 25.0 Å². The maximum absolute atomic E-state index is 12.6. The van der Waals surface area contributed by atoms with Crippen LogP contribution < -0.4 is 10.9 Å². The van der Waals surface area contributed by atoms with Gasteiger partial charge in [0.2, 0.25) is 0 Å². The summed E-state index contributed by atoms with van der Waals surface area (Å²) in [5, 5.41) is 17.5. The molecule has 1 amide bonds. The largest absolute Gasteiger partial charge is 0.360 e. The van der Waals surface area contributed by atoms with Gasteiger partial charge in [0.25, 0.3) is 11.5 Å². The van der Waals surface area contributed by atoms with E-state index in [4.69, 9.17) is 0 Å². The summed E-state index contributed by atoms with van der Waals surface area (Å²) >= 11 is 0. The van der Waals surface area contributed by atoms with E-state index in [2.05, 4.69) is 21.5 Å². The molecule has 0 aliphatic carbocycles. The predicted molar refractivity (Wildman–Crippen MR) is 132 cm³/mol. The van der Waals surface area contributed by atoms with E-state index in [0.29, 0.717) is 42.9 Å². The van der Waals surface area contributed by atoms with Gasteiger partial charge in [0.1, 0.15) is 6.07 Å². The number of likely N-dealkylation sites (N-methyl/N-ethyl adjacent to an activating group) is 1. The number of fused-ring (bicyclic) bond motifs is 1. The fraction of sp³-hybridized carbons (Fsp3) is 0.231. The molecular weight excluding hydrogens is 428 g/mol. The van der Waals surface area contributed by atoms with Crippen LogP contribution in [-0.4, -0.2) is 52.8 Å². The molecule has 4 rings (SSSR count). The van der Waals surface area contributed by atoms with Gasteiger partial charge in [-0.15, -0.1) is 0 Å². The number of hydrogen-bond donors (Lipinski definition) is 2. The standard InChI is InChI=1S/C26H26N6O2/c1-31(2)13-14-32-25(33)10-9-23(30-32)19-4-6-20(7-5-19)26(34)28-12-11-18-3-8-24-22(15-18)21(16-27)17-29-24/h3-10,15,17,29H,11-14H2,1-2H3,(H,28,34). The normalized spacial score (nSPS) is 11.0. The Kier molecular flexibility index (Phi) is 6.85. The molecule has 34 heavy (non-hydrogen) atoms. The van der Waals surface area contributed by atoms with Gasteiger partial charge >= 0.3 is 0 Å². The Hall–Kier alpha value is -4.22. The lowest BCUT2D eigenvalue weighted by atomic mass is 10.1. The molecule has 2 aromatic carbocycles. The Morgan fingerprint density at radius 1 is 1.15 bits per heavy atom. The number of carbonyl (C=O) groups is 1. The highest BCUT2D eigenvalue weighted by atomic mass is 16.1. The van der Waals surface area contributed by atoms with E-state index in [1.165, 1.54) is 10.7 Å². The topological polar surface area (TPSA) is 107 Å². The monoisotopic (exact) mass is 454 g/mol. The molecule has 0 unspecified atom stereocenters. The number of nitrogens with zero attached hydrogens (tertiary/aromatic N) is 4. The first-order valence-electron chi connectivity index (χ1n) is 11.1. The van der Waals surface area contributed by atoms with Crippen LogP contribution in [0.5, 0.6) is 0 Å². The van der Waals surface area contributed by atoms with Crippen molar-refractivity contribution in [1.29, 1.82) is 5.26 Å². The number of nitrogens with one attached hydrogen (secondary N) is 2. The smallest absolute Gasteiger partial charge is 0.266 e. The fourth-order valence-electron chi connectivity index (χ4n) is 3.69. The van der Waals surface area contributed by atoms with Gasteiger partial charge < -0.3 is 15.2 Å². The average molecular weight is 455 g/mol. The fourth-order valence-corrected chi connectivity index (χ4v) is 3.69. The van der Waals surface area contributed by atoms with Crippen LogP contribution in [0.1, 0.15) is 21.5 Å². The minimum Gasteiger partial charge on any atom is -0.360 e. The Morgan fingerprint density at radius 2 is 1.94 bits per heavy atom. The van der Waals surface area contributed by atoms with E-state index < -0.39 is 0 Å². The van der Waals surface area contributed by atoms with Crippen LogP contribution in [0.3, 0.4) is 0 Å². The number of carbonyl (C=O) groups excluding carboxylic acids is 1. The molecule has 0 saturated carbocycles. The van der Waals surface area contributed by atoms with Crippen molar-refractivity contribution in [3.63, 3.8) is 0 Å². The Bertz CT molecular complexity index is 1410. The van der Waals surface area contributed by atoms with Crippen molar-refractivity contribution in [2.24, 2.45) is 0 Å². The van der Waals surface area contributed by atoms with Gasteiger partial charge in [-0.3, -0.25) is 9.59 Å². The van der Waals surface area contributed by atoms with E-state index in [1.54, 1.807) is 24.4 Å². The van der Waals surface area contributed by atoms with Crippen molar-refractivity contribution >= 4 is 16.8 Å². The molecule has 2 heterocycles. The number of aromatic nitrogens is 3. The van der Waals surface area contributed by atoms with Crippen LogP contribution in [0.25, 0.3) is 22.2 Å². The Balaban J connectivity index is 1.37. The maximum atomic E-state index is 12.6. The summed E-state index contributed by atoms with van der Waals surface area (Å²) in [6, 6.07) is 18.5. The Labute approximate surface area is 197 Å². The van der Waals surface area contributed by atoms with Crippen LogP contribution >= 0.6 is 0 Å². The second-order valence-corrected chi connectivity index (χ2v) is 8.36. The highest BCUT2D eigenvalue weighted by Gasteiger charge is 2.09. The quantitative estimate of drug-likeness (QED) is 0.426. The summed E-state index contributed by atoms with van der Waals surface area (Å²) < 4.78 is 1.46. The molecule has 0 fully saturated rings. The molecule has 4 aromatic rings. The SMILES string of the molecule is CN(C)CCn1nc(-c2ccc(C(=O)NCCc3ccc4[nH]cc(C#N)c4c3)cc2)ccc1=O. The van der Waals surface area contributed by atoms with Gasteiger partial charge in [-0.25, -0.2) is 4.68 Å². The molecule has 0 aliphatic heterocycles. The molecule has 0 bridgehead atoms. The minimum absolute atomic E-state index is 0.138. The molecule has 172 valence electrons. The highest BCUT2D eigenvalue weighted by Crippen LogP contribution is 2.19. The van der Waals surface area contributed by atoms with Crippen molar-refractivity contribution in [3.8, 4) is 17.3 Å². The number of nitriles is 1. The van der Waals surface area contributed by atoms with E-state index in [-0.39, 0.29) is 11.5 Å². The number of rotatable bonds is 8. The zero-order chi connectivity index (χ0) is 24.1. The molecule has 0 spiro atoms. The van der Waals surface area contributed by atoms with Gasteiger partial charge in [-0.1, -0.05) is 18.2 Å². The summed E-state index contributed by atoms with van der Waals surface area (Å²) in [6.45, 7) is 1.71. The average Bonchev–Trinajstić information content (AvgIpc) is 3.26. The number of amides is 1. The van der Waals surface area contributed by atoms with E-state index >= 15 is 0 Å². The Morgan fingerprint density at radius 3 is 2.68 bits per heavy atom. The van der Waals surface area contributed by atoms with Crippen LogP contribution in [-0.2, 0) is 13.0 Å². The van der Waals surface area contributed by atoms with Gasteiger partial charge in [0, 0.05) is 47.4 Å². The number of benzene rings is 2. The number of H-pyrrole nitrogens is 1. The first-order valence-corrected chi connectivity index (χ1v) is 11.1. The van der Waals surface area contributed by atoms with Crippen molar-refractivity contribution in [2.75, 3.05) is 27.2 Å². The van der Waals surface area contributed by atoms with E-state index in [0.717, 1.165) is 22.0 Å². The molecular formula is C26H26N6O2. The van der Waals surface area contributed by atoms with Crippen LogP contribution in [0.2, 0.25) is 0 Å². The number of hydrogen-bond acceptors (Lipinski definition) is 5. The molecule has 2 aromatic heterocycles.